The summed E-state index contributed by atoms with van der Waals surface area (Å²) in [4.78, 5) is 0. The molecule has 0 spiro atoms. The fraction of sp³-hybridized carbons (Fsp3) is 0.200. The van der Waals surface area contributed by atoms with Gasteiger partial charge in [-0.05, 0) is 24.1 Å². The summed E-state index contributed by atoms with van der Waals surface area (Å²) in [5.41, 5.74) is 6.63. The van der Waals surface area contributed by atoms with E-state index in [1.807, 2.05) is 0 Å². The van der Waals surface area contributed by atoms with Crippen LogP contribution in [0.1, 0.15) is 18.7 Å². The molecule has 0 fully saturated rings. The van der Waals surface area contributed by atoms with E-state index in [0.29, 0.717) is 6.04 Å². The third-order valence-electron chi connectivity index (χ3n) is 4.49. The number of nitrogens with one attached hydrogen (secondary N) is 1. The van der Waals surface area contributed by atoms with Crippen LogP contribution in [0.25, 0.3) is 22.4 Å². The van der Waals surface area contributed by atoms with Crippen LogP contribution in [0.2, 0.25) is 0 Å². The van der Waals surface area contributed by atoms with E-state index < -0.39 is 0 Å². The molecule has 2 aromatic carbocycles. The third kappa shape index (κ3) is 2.16. The van der Waals surface area contributed by atoms with E-state index in [1.54, 1.807) is 0 Å². The Bertz CT molecular complexity index is 772. The molecule has 4 rings (SSSR count). The smallest absolute Gasteiger partial charge is 0.0563 e. The summed E-state index contributed by atoms with van der Waals surface area (Å²) in [6, 6.07) is 24.2. The molecule has 1 aliphatic heterocycles. The maximum absolute atomic E-state index is 3.56. The predicted octanol–water partition coefficient (Wildman–Crippen LogP) is 4.49. The summed E-state index contributed by atoms with van der Waals surface area (Å²) >= 11 is 0. The number of benzene rings is 2. The molecule has 1 unspecified atom stereocenters. The SMILES string of the molecule is CC1NCCn2c1cc(-c1ccccc1)c2-c1ccccc1. The molecule has 110 valence electrons. The lowest BCUT2D eigenvalue weighted by Crippen LogP contribution is -2.31. The first-order valence-electron chi connectivity index (χ1n) is 7.92. The van der Waals surface area contributed by atoms with Gasteiger partial charge >= 0.3 is 0 Å². The van der Waals surface area contributed by atoms with Gasteiger partial charge in [-0.15, -0.1) is 0 Å². The van der Waals surface area contributed by atoms with E-state index in [2.05, 4.69) is 83.5 Å². The standard InChI is InChI=1S/C20H20N2/c1-15-19-14-18(16-8-4-2-5-9-16)20(22(19)13-12-21-15)17-10-6-3-7-11-17/h2-11,14-15,21H,12-13H2,1H3. The molecular weight excluding hydrogens is 268 g/mol. The van der Waals surface area contributed by atoms with Crippen molar-refractivity contribution in [3.63, 3.8) is 0 Å². The second-order valence-electron chi connectivity index (χ2n) is 5.89. The van der Waals surface area contributed by atoms with Crippen molar-refractivity contribution in [2.75, 3.05) is 6.54 Å². The summed E-state index contributed by atoms with van der Waals surface area (Å²) < 4.78 is 2.48. The van der Waals surface area contributed by atoms with Crippen molar-refractivity contribution < 1.29 is 0 Å². The zero-order valence-electron chi connectivity index (χ0n) is 12.8. The number of rotatable bonds is 2. The van der Waals surface area contributed by atoms with E-state index in [-0.39, 0.29) is 0 Å². The van der Waals surface area contributed by atoms with Gasteiger partial charge in [0.15, 0.2) is 0 Å². The van der Waals surface area contributed by atoms with Gasteiger partial charge in [0.2, 0.25) is 0 Å². The Hall–Kier alpha value is -2.32. The summed E-state index contributed by atoms with van der Waals surface area (Å²) in [6.07, 6.45) is 0. The average Bonchev–Trinajstić information content (AvgIpc) is 2.97. The van der Waals surface area contributed by atoms with Crippen LogP contribution >= 0.6 is 0 Å². The maximum atomic E-state index is 3.56. The lowest BCUT2D eigenvalue weighted by Gasteiger charge is -2.25. The molecule has 1 aromatic heterocycles. The molecule has 1 atom stereocenters. The Morgan fingerprint density at radius 1 is 0.909 bits per heavy atom. The van der Waals surface area contributed by atoms with Gasteiger partial charge in [0.05, 0.1) is 5.69 Å². The van der Waals surface area contributed by atoms with E-state index in [4.69, 9.17) is 0 Å². The highest BCUT2D eigenvalue weighted by Gasteiger charge is 2.23. The van der Waals surface area contributed by atoms with Gasteiger partial charge in [-0.1, -0.05) is 60.7 Å². The van der Waals surface area contributed by atoms with Gasteiger partial charge in [0.1, 0.15) is 0 Å². The minimum Gasteiger partial charge on any atom is -0.341 e. The van der Waals surface area contributed by atoms with E-state index in [0.717, 1.165) is 13.1 Å². The van der Waals surface area contributed by atoms with E-state index in [9.17, 15) is 0 Å². The molecule has 2 heterocycles. The first-order chi connectivity index (χ1) is 10.8. The molecular formula is C20H20N2. The van der Waals surface area contributed by atoms with Crippen LogP contribution in [-0.2, 0) is 6.54 Å². The Labute approximate surface area is 131 Å². The number of hydrogen-bond donors (Lipinski definition) is 1. The van der Waals surface area contributed by atoms with Crippen LogP contribution in [0, 0.1) is 0 Å². The number of fused-ring (bicyclic) bond motifs is 1. The predicted molar refractivity (Wildman–Crippen MR) is 91.7 cm³/mol. The van der Waals surface area contributed by atoms with Crippen molar-refractivity contribution in [3.8, 4) is 22.4 Å². The van der Waals surface area contributed by atoms with Crippen molar-refractivity contribution in [1.82, 2.24) is 9.88 Å². The fourth-order valence-electron chi connectivity index (χ4n) is 3.41. The highest BCUT2D eigenvalue weighted by atomic mass is 15.1. The molecule has 1 aliphatic rings. The number of hydrogen-bond acceptors (Lipinski definition) is 1. The van der Waals surface area contributed by atoms with Crippen LogP contribution in [0.4, 0.5) is 0 Å². The molecule has 0 aliphatic carbocycles. The van der Waals surface area contributed by atoms with Crippen LogP contribution in [-0.4, -0.2) is 11.1 Å². The Morgan fingerprint density at radius 3 is 2.23 bits per heavy atom. The summed E-state index contributed by atoms with van der Waals surface area (Å²) in [7, 11) is 0. The second kappa shape index (κ2) is 5.47. The van der Waals surface area contributed by atoms with Gasteiger partial charge in [-0.25, -0.2) is 0 Å². The minimum absolute atomic E-state index is 0.397. The van der Waals surface area contributed by atoms with Crippen molar-refractivity contribution in [2.24, 2.45) is 0 Å². The average molecular weight is 288 g/mol. The summed E-state index contributed by atoms with van der Waals surface area (Å²) in [6.45, 7) is 4.29. The monoisotopic (exact) mass is 288 g/mol. The molecule has 0 bridgehead atoms. The van der Waals surface area contributed by atoms with Crippen molar-refractivity contribution in [1.29, 1.82) is 0 Å². The van der Waals surface area contributed by atoms with Crippen LogP contribution in [0.15, 0.2) is 66.7 Å². The number of nitrogens with zero attached hydrogens (tertiary/aromatic N) is 1. The molecule has 2 heteroatoms. The number of aromatic nitrogens is 1. The summed E-state index contributed by atoms with van der Waals surface area (Å²) in [5.74, 6) is 0. The van der Waals surface area contributed by atoms with Crippen molar-refractivity contribution >= 4 is 0 Å². The van der Waals surface area contributed by atoms with Crippen LogP contribution < -0.4 is 5.32 Å². The molecule has 22 heavy (non-hydrogen) atoms. The summed E-state index contributed by atoms with van der Waals surface area (Å²) in [5, 5.41) is 3.56. The lowest BCUT2D eigenvalue weighted by atomic mass is 10.0. The molecule has 3 aromatic rings. The van der Waals surface area contributed by atoms with Gasteiger partial charge in [0.25, 0.3) is 0 Å². The third-order valence-corrected chi connectivity index (χ3v) is 4.49. The Kier molecular flexibility index (Phi) is 3.32. The lowest BCUT2D eigenvalue weighted by molar-refractivity contribution is 0.451. The highest BCUT2D eigenvalue weighted by molar-refractivity contribution is 5.82. The largest absolute Gasteiger partial charge is 0.341 e. The molecule has 2 nitrogen and oxygen atoms in total. The minimum atomic E-state index is 0.397. The molecule has 0 radical (unpaired) electrons. The quantitative estimate of drug-likeness (QED) is 0.735. The topological polar surface area (TPSA) is 17.0 Å². The Balaban J connectivity index is 1.98. The molecule has 0 amide bonds. The first kappa shape index (κ1) is 13.4. The van der Waals surface area contributed by atoms with E-state index in [1.165, 1.54) is 28.1 Å². The van der Waals surface area contributed by atoms with E-state index >= 15 is 0 Å². The fourth-order valence-corrected chi connectivity index (χ4v) is 3.41. The van der Waals surface area contributed by atoms with Crippen molar-refractivity contribution in [3.05, 3.63) is 72.4 Å². The van der Waals surface area contributed by atoms with Gasteiger partial charge in [-0.2, -0.15) is 0 Å². The Morgan fingerprint density at radius 2 is 1.55 bits per heavy atom. The normalized spacial score (nSPS) is 17.2. The van der Waals surface area contributed by atoms with Gasteiger partial charge in [0, 0.05) is 30.4 Å². The zero-order chi connectivity index (χ0) is 14.9. The first-order valence-corrected chi connectivity index (χ1v) is 7.92. The molecule has 1 N–H and O–H groups in total. The highest BCUT2D eigenvalue weighted by Crippen LogP contribution is 2.38. The van der Waals surface area contributed by atoms with Crippen molar-refractivity contribution in [2.45, 2.75) is 19.5 Å². The zero-order valence-corrected chi connectivity index (χ0v) is 12.8. The van der Waals surface area contributed by atoms with Crippen LogP contribution in [0.5, 0.6) is 0 Å². The van der Waals surface area contributed by atoms with Gasteiger partial charge in [-0.3, -0.25) is 0 Å². The second-order valence-corrected chi connectivity index (χ2v) is 5.89. The molecule has 0 saturated heterocycles. The molecule has 0 saturated carbocycles. The maximum Gasteiger partial charge on any atom is 0.0563 e. The van der Waals surface area contributed by atoms with Crippen LogP contribution in [0.3, 0.4) is 0 Å². The van der Waals surface area contributed by atoms with Gasteiger partial charge < -0.3 is 9.88 Å².